The minimum atomic E-state index is -0.0554. The molecule has 0 aromatic heterocycles. The van der Waals surface area contributed by atoms with Gasteiger partial charge < -0.3 is 10.2 Å². The van der Waals surface area contributed by atoms with Gasteiger partial charge in [0, 0.05) is 6.04 Å². The van der Waals surface area contributed by atoms with Crippen molar-refractivity contribution >= 4 is 11.8 Å². The number of hydrogen-bond acceptors (Lipinski definition) is 3. The van der Waals surface area contributed by atoms with Crippen molar-refractivity contribution in [2.45, 2.75) is 32.7 Å². The summed E-state index contributed by atoms with van der Waals surface area (Å²) < 4.78 is 0. The van der Waals surface area contributed by atoms with Gasteiger partial charge in [-0.05, 0) is 25.3 Å². The normalized spacial score (nSPS) is 25.7. The number of amides is 2. The van der Waals surface area contributed by atoms with Crippen molar-refractivity contribution in [1.29, 1.82) is 0 Å². The molecule has 17 heavy (non-hydrogen) atoms. The van der Waals surface area contributed by atoms with Crippen LogP contribution in [0.3, 0.4) is 0 Å². The van der Waals surface area contributed by atoms with Crippen molar-refractivity contribution in [3.8, 4) is 0 Å². The third-order valence-corrected chi connectivity index (χ3v) is 3.68. The van der Waals surface area contributed by atoms with Gasteiger partial charge in [-0.1, -0.05) is 13.8 Å². The summed E-state index contributed by atoms with van der Waals surface area (Å²) in [6.45, 7) is 6.46. The zero-order chi connectivity index (χ0) is 12.4. The molecule has 2 aliphatic rings. The molecule has 2 saturated heterocycles. The van der Waals surface area contributed by atoms with E-state index in [0.29, 0.717) is 25.2 Å². The Hall–Kier alpha value is -1.10. The van der Waals surface area contributed by atoms with Crippen LogP contribution in [0.15, 0.2) is 0 Å². The van der Waals surface area contributed by atoms with Gasteiger partial charge in [0.25, 0.3) is 0 Å². The van der Waals surface area contributed by atoms with E-state index in [9.17, 15) is 9.59 Å². The fourth-order valence-electron chi connectivity index (χ4n) is 2.72. The lowest BCUT2D eigenvalue weighted by atomic mass is 10.0. The van der Waals surface area contributed by atoms with Gasteiger partial charge in [0.15, 0.2) is 0 Å². The number of carbonyl (C=O) groups excluding carboxylic acids is 2. The van der Waals surface area contributed by atoms with E-state index < -0.39 is 0 Å². The Kier molecular flexibility index (Phi) is 3.66. The average molecular weight is 239 g/mol. The van der Waals surface area contributed by atoms with Crippen LogP contribution in [-0.2, 0) is 9.59 Å². The zero-order valence-corrected chi connectivity index (χ0v) is 10.6. The van der Waals surface area contributed by atoms with Crippen molar-refractivity contribution in [1.82, 2.24) is 15.1 Å². The van der Waals surface area contributed by atoms with Gasteiger partial charge in [0.2, 0.25) is 11.8 Å². The standard InChI is InChI=1S/C12H21N3O2/c1-9(2)10-4-3-5-14(10)7-12(17)15-6-11(16)13-8-15/h9-10H,3-8H2,1-2H3,(H,13,16). The maximum absolute atomic E-state index is 12.0. The van der Waals surface area contributed by atoms with E-state index in [0.717, 1.165) is 6.54 Å². The number of hydrogen-bond donors (Lipinski definition) is 1. The Balaban J connectivity index is 1.87. The predicted octanol–water partition coefficient (Wildman–Crippen LogP) is 0.0227. The van der Waals surface area contributed by atoms with Crippen LogP contribution in [0.2, 0.25) is 0 Å². The highest BCUT2D eigenvalue weighted by Crippen LogP contribution is 2.23. The predicted molar refractivity (Wildman–Crippen MR) is 64.2 cm³/mol. The molecule has 0 aliphatic carbocycles. The third-order valence-electron chi connectivity index (χ3n) is 3.68. The van der Waals surface area contributed by atoms with Gasteiger partial charge in [-0.15, -0.1) is 0 Å². The first-order valence-corrected chi connectivity index (χ1v) is 6.36. The molecule has 2 amide bonds. The van der Waals surface area contributed by atoms with Crippen LogP contribution in [0.5, 0.6) is 0 Å². The number of nitrogens with zero attached hydrogens (tertiary/aromatic N) is 2. The Labute approximate surface area is 102 Å². The summed E-state index contributed by atoms with van der Waals surface area (Å²) in [7, 11) is 0. The van der Waals surface area contributed by atoms with Crippen molar-refractivity contribution in [2.24, 2.45) is 5.92 Å². The third kappa shape index (κ3) is 2.77. The molecule has 5 nitrogen and oxygen atoms in total. The molecule has 5 heteroatoms. The second kappa shape index (κ2) is 5.04. The van der Waals surface area contributed by atoms with E-state index in [-0.39, 0.29) is 18.4 Å². The molecule has 2 aliphatic heterocycles. The second-order valence-electron chi connectivity index (χ2n) is 5.27. The highest BCUT2D eigenvalue weighted by atomic mass is 16.2. The highest BCUT2D eigenvalue weighted by molar-refractivity contribution is 5.88. The summed E-state index contributed by atoms with van der Waals surface area (Å²) in [6.07, 6.45) is 2.36. The lowest BCUT2D eigenvalue weighted by molar-refractivity contribution is -0.133. The van der Waals surface area contributed by atoms with Crippen LogP contribution in [0.25, 0.3) is 0 Å². The smallest absolute Gasteiger partial charge is 0.241 e. The van der Waals surface area contributed by atoms with Gasteiger partial charge in [0.05, 0.1) is 13.2 Å². The molecule has 2 heterocycles. The largest absolute Gasteiger partial charge is 0.337 e. The fraction of sp³-hybridized carbons (Fsp3) is 0.833. The minimum Gasteiger partial charge on any atom is -0.337 e. The molecule has 96 valence electrons. The van der Waals surface area contributed by atoms with Gasteiger partial charge >= 0.3 is 0 Å². The fourth-order valence-corrected chi connectivity index (χ4v) is 2.72. The monoisotopic (exact) mass is 239 g/mol. The van der Waals surface area contributed by atoms with E-state index in [1.54, 1.807) is 4.90 Å². The molecular weight excluding hydrogens is 218 g/mol. The molecule has 1 atom stereocenters. The van der Waals surface area contributed by atoms with Crippen molar-refractivity contribution < 1.29 is 9.59 Å². The average Bonchev–Trinajstić information content (AvgIpc) is 2.86. The molecule has 2 rings (SSSR count). The van der Waals surface area contributed by atoms with E-state index in [4.69, 9.17) is 0 Å². The lowest BCUT2D eigenvalue weighted by Crippen LogP contribution is -2.43. The molecule has 0 spiro atoms. The van der Waals surface area contributed by atoms with Crippen LogP contribution in [0.1, 0.15) is 26.7 Å². The van der Waals surface area contributed by atoms with Crippen LogP contribution >= 0.6 is 0 Å². The number of rotatable bonds is 3. The summed E-state index contributed by atoms with van der Waals surface area (Å²) in [5, 5.41) is 2.66. The van der Waals surface area contributed by atoms with Gasteiger partial charge in [-0.2, -0.15) is 0 Å². The number of likely N-dealkylation sites (tertiary alicyclic amines) is 1. The van der Waals surface area contributed by atoms with Crippen molar-refractivity contribution in [3.63, 3.8) is 0 Å². The summed E-state index contributed by atoms with van der Waals surface area (Å²) >= 11 is 0. The SMILES string of the molecule is CC(C)C1CCCN1CC(=O)N1CNC(=O)C1. The summed E-state index contributed by atoms with van der Waals surface area (Å²) in [5.41, 5.74) is 0. The van der Waals surface area contributed by atoms with E-state index in [1.807, 2.05) is 0 Å². The first kappa shape index (κ1) is 12.4. The Morgan fingerprint density at radius 1 is 1.53 bits per heavy atom. The second-order valence-corrected chi connectivity index (χ2v) is 5.27. The molecule has 0 saturated carbocycles. The highest BCUT2D eigenvalue weighted by Gasteiger charge is 2.31. The Bertz CT molecular complexity index is 317. The lowest BCUT2D eigenvalue weighted by Gasteiger charge is -2.28. The molecule has 2 fully saturated rings. The maximum Gasteiger partial charge on any atom is 0.241 e. The quantitative estimate of drug-likeness (QED) is 0.755. The molecule has 0 radical (unpaired) electrons. The van der Waals surface area contributed by atoms with Crippen LogP contribution in [0.4, 0.5) is 0 Å². The van der Waals surface area contributed by atoms with Gasteiger partial charge in [-0.3, -0.25) is 14.5 Å². The van der Waals surface area contributed by atoms with Crippen molar-refractivity contribution in [2.75, 3.05) is 26.3 Å². The maximum atomic E-state index is 12.0. The van der Waals surface area contributed by atoms with E-state index >= 15 is 0 Å². The van der Waals surface area contributed by atoms with E-state index in [1.165, 1.54) is 12.8 Å². The van der Waals surface area contributed by atoms with Crippen LogP contribution in [0, 0.1) is 5.92 Å². The molecule has 0 aromatic rings. The Morgan fingerprint density at radius 2 is 2.29 bits per heavy atom. The topological polar surface area (TPSA) is 52.7 Å². The Morgan fingerprint density at radius 3 is 2.88 bits per heavy atom. The summed E-state index contributed by atoms with van der Waals surface area (Å²) in [5.74, 6) is 0.597. The molecule has 1 unspecified atom stereocenters. The van der Waals surface area contributed by atoms with Crippen LogP contribution < -0.4 is 5.32 Å². The first-order chi connectivity index (χ1) is 8.08. The summed E-state index contributed by atoms with van der Waals surface area (Å²) in [6, 6.07) is 0.519. The van der Waals surface area contributed by atoms with E-state index in [2.05, 4.69) is 24.1 Å². The minimum absolute atomic E-state index is 0.0554. The van der Waals surface area contributed by atoms with Gasteiger partial charge in [-0.25, -0.2) is 0 Å². The zero-order valence-electron chi connectivity index (χ0n) is 10.6. The molecule has 1 N–H and O–H groups in total. The van der Waals surface area contributed by atoms with Crippen LogP contribution in [-0.4, -0.2) is 54.0 Å². The molecular formula is C12H21N3O2. The van der Waals surface area contributed by atoms with Crippen molar-refractivity contribution in [3.05, 3.63) is 0 Å². The number of carbonyl (C=O) groups is 2. The molecule has 0 bridgehead atoms. The number of nitrogens with one attached hydrogen (secondary N) is 1. The molecule has 0 aromatic carbocycles. The van der Waals surface area contributed by atoms with Gasteiger partial charge in [0.1, 0.15) is 6.54 Å². The summed E-state index contributed by atoms with van der Waals surface area (Å²) in [4.78, 5) is 26.9. The first-order valence-electron chi connectivity index (χ1n) is 6.36.